The Labute approximate surface area is 131 Å². The number of benzene rings is 1. The normalized spacial score (nSPS) is 24.1. The van der Waals surface area contributed by atoms with Crippen LogP contribution in [-0.4, -0.2) is 29.3 Å². The van der Waals surface area contributed by atoms with Crippen molar-refractivity contribution < 1.29 is 14.6 Å². The lowest BCUT2D eigenvalue weighted by atomic mass is 9.78. The van der Waals surface area contributed by atoms with Crippen LogP contribution in [0.25, 0.3) is 0 Å². The Morgan fingerprint density at radius 3 is 2.86 bits per heavy atom. The van der Waals surface area contributed by atoms with E-state index in [1.54, 1.807) is 18.2 Å². The predicted molar refractivity (Wildman–Crippen MR) is 85.1 cm³/mol. The maximum atomic E-state index is 12.5. The summed E-state index contributed by atoms with van der Waals surface area (Å²) < 4.78 is 6.08. The molecule has 2 aliphatic rings. The Morgan fingerprint density at radius 2 is 2.09 bits per heavy atom. The molecule has 1 unspecified atom stereocenters. The van der Waals surface area contributed by atoms with Crippen molar-refractivity contribution in [2.45, 2.75) is 63.5 Å². The molecule has 1 aliphatic heterocycles. The molecule has 1 saturated heterocycles. The van der Waals surface area contributed by atoms with Gasteiger partial charge in [0.1, 0.15) is 5.75 Å². The summed E-state index contributed by atoms with van der Waals surface area (Å²) in [5.74, 6) is 0.0396. The van der Waals surface area contributed by atoms with E-state index >= 15 is 0 Å². The zero-order valence-corrected chi connectivity index (χ0v) is 13.2. The van der Waals surface area contributed by atoms with Crippen LogP contribution in [0.2, 0.25) is 0 Å². The average molecular weight is 303 g/mol. The number of aryl methyl sites for hydroxylation is 1. The first-order valence-electron chi connectivity index (χ1n) is 8.32. The molecule has 0 bridgehead atoms. The fourth-order valence-corrected chi connectivity index (χ4v) is 3.81. The molecule has 1 aliphatic carbocycles. The van der Waals surface area contributed by atoms with E-state index in [9.17, 15) is 9.90 Å². The van der Waals surface area contributed by atoms with E-state index in [-0.39, 0.29) is 23.3 Å². The number of aromatic hydroxyl groups is 1. The summed E-state index contributed by atoms with van der Waals surface area (Å²) in [5.41, 5.74) is 1.43. The molecule has 1 atom stereocenters. The van der Waals surface area contributed by atoms with Crippen LogP contribution in [0, 0.1) is 6.92 Å². The van der Waals surface area contributed by atoms with Gasteiger partial charge >= 0.3 is 0 Å². The molecule has 1 heterocycles. The van der Waals surface area contributed by atoms with Crippen LogP contribution in [0.5, 0.6) is 5.75 Å². The summed E-state index contributed by atoms with van der Waals surface area (Å²) in [5, 5.41) is 12.7. The number of ether oxygens (including phenoxy) is 1. The van der Waals surface area contributed by atoms with E-state index in [1.165, 1.54) is 19.3 Å². The highest BCUT2D eigenvalue weighted by molar-refractivity contribution is 5.96. The predicted octanol–water partition coefficient (Wildman–Crippen LogP) is 3.31. The molecule has 2 fully saturated rings. The van der Waals surface area contributed by atoms with Crippen molar-refractivity contribution in [3.8, 4) is 5.75 Å². The number of nitrogens with one attached hydrogen (secondary N) is 1. The summed E-state index contributed by atoms with van der Waals surface area (Å²) in [6.45, 7) is 2.62. The first-order chi connectivity index (χ1) is 10.6. The molecule has 1 spiro atoms. The van der Waals surface area contributed by atoms with E-state index < -0.39 is 0 Å². The van der Waals surface area contributed by atoms with E-state index in [0.717, 1.165) is 37.9 Å². The SMILES string of the molecule is Cc1ccc(O)cc1C(=O)NC1CCOC2(CCCCC2)C1. The Bertz CT molecular complexity index is 544. The third kappa shape index (κ3) is 3.27. The van der Waals surface area contributed by atoms with Gasteiger partial charge in [0.25, 0.3) is 5.91 Å². The maximum Gasteiger partial charge on any atom is 0.251 e. The molecular formula is C18H25NO3. The highest BCUT2D eigenvalue weighted by atomic mass is 16.5. The summed E-state index contributed by atoms with van der Waals surface area (Å²) in [6, 6.07) is 5.09. The van der Waals surface area contributed by atoms with Crippen LogP contribution in [0.15, 0.2) is 18.2 Å². The molecule has 1 aromatic carbocycles. The number of carbonyl (C=O) groups is 1. The van der Waals surface area contributed by atoms with Crippen molar-refractivity contribution in [1.29, 1.82) is 0 Å². The summed E-state index contributed by atoms with van der Waals surface area (Å²) in [4.78, 5) is 12.5. The molecule has 2 N–H and O–H groups in total. The van der Waals surface area contributed by atoms with Crippen molar-refractivity contribution in [3.63, 3.8) is 0 Å². The van der Waals surface area contributed by atoms with Crippen molar-refractivity contribution in [2.75, 3.05) is 6.61 Å². The maximum absolute atomic E-state index is 12.5. The fraction of sp³-hybridized carbons (Fsp3) is 0.611. The third-order valence-electron chi connectivity index (χ3n) is 5.06. The minimum atomic E-state index is -0.0914. The summed E-state index contributed by atoms with van der Waals surface area (Å²) in [7, 11) is 0. The van der Waals surface area contributed by atoms with Gasteiger partial charge in [0.15, 0.2) is 0 Å². The monoisotopic (exact) mass is 303 g/mol. The standard InChI is InChI=1S/C18H25NO3/c1-13-5-6-15(20)11-16(13)17(21)19-14-7-10-22-18(12-14)8-3-2-4-9-18/h5-6,11,14,20H,2-4,7-10,12H2,1H3,(H,19,21). The Hall–Kier alpha value is -1.55. The number of rotatable bonds is 2. The van der Waals surface area contributed by atoms with Gasteiger partial charge < -0.3 is 15.2 Å². The molecule has 3 rings (SSSR count). The lowest BCUT2D eigenvalue weighted by molar-refractivity contribution is -0.107. The minimum absolute atomic E-state index is 0.0116. The van der Waals surface area contributed by atoms with Gasteiger partial charge in [-0.3, -0.25) is 4.79 Å². The molecule has 1 saturated carbocycles. The van der Waals surface area contributed by atoms with Gasteiger partial charge in [0, 0.05) is 18.2 Å². The topological polar surface area (TPSA) is 58.6 Å². The van der Waals surface area contributed by atoms with Crippen molar-refractivity contribution in [1.82, 2.24) is 5.32 Å². The van der Waals surface area contributed by atoms with E-state index in [0.29, 0.717) is 5.56 Å². The van der Waals surface area contributed by atoms with Crippen LogP contribution < -0.4 is 5.32 Å². The zero-order chi connectivity index (χ0) is 15.6. The van der Waals surface area contributed by atoms with Gasteiger partial charge in [0.2, 0.25) is 0 Å². The number of hydrogen-bond donors (Lipinski definition) is 2. The van der Waals surface area contributed by atoms with Gasteiger partial charge in [-0.05, 0) is 50.3 Å². The lowest BCUT2D eigenvalue weighted by Gasteiger charge is -2.43. The third-order valence-corrected chi connectivity index (χ3v) is 5.06. The quantitative estimate of drug-likeness (QED) is 0.881. The van der Waals surface area contributed by atoms with Crippen LogP contribution in [0.4, 0.5) is 0 Å². The molecule has 1 amide bonds. The van der Waals surface area contributed by atoms with Gasteiger partial charge in [-0.1, -0.05) is 25.3 Å². The fourth-order valence-electron chi connectivity index (χ4n) is 3.81. The molecule has 0 aromatic heterocycles. The van der Waals surface area contributed by atoms with Gasteiger partial charge in [-0.25, -0.2) is 0 Å². The highest BCUT2D eigenvalue weighted by Crippen LogP contribution is 2.38. The Kier molecular flexibility index (Phi) is 4.39. The number of carbonyl (C=O) groups excluding carboxylic acids is 1. The van der Waals surface area contributed by atoms with E-state index in [2.05, 4.69) is 5.32 Å². The van der Waals surface area contributed by atoms with E-state index in [4.69, 9.17) is 4.74 Å². The van der Waals surface area contributed by atoms with Crippen molar-refractivity contribution >= 4 is 5.91 Å². The second-order valence-electron chi connectivity index (χ2n) is 6.75. The average Bonchev–Trinajstić information content (AvgIpc) is 2.50. The number of hydrogen-bond acceptors (Lipinski definition) is 3. The molecule has 0 radical (unpaired) electrons. The van der Waals surface area contributed by atoms with Crippen LogP contribution in [0.3, 0.4) is 0 Å². The van der Waals surface area contributed by atoms with Crippen LogP contribution >= 0.6 is 0 Å². The van der Waals surface area contributed by atoms with Crippen molar-refractivity contribution in [2.24, 2.45) is 0 Å². The van der Waals surface area contributed by atoms with Gasteiger partial charge in [-0.2, -0.15) is 0 Å². The number of phenolic OH excluding ortho intramolecular Hbond substituents is 1. The van der Waals surface area contributed by atoms with Gasteiger partial charge in [0.05, 0.1) is 5.60 Å². The molecule has 22 heavy (non-hydrogen) atoms. The second-order valence-corrected chi connectivity index (χ2v) is 6.75. The Balaban J connectivity index is 1.67. The van der Waals surface area contributed by atoms with Crippen LogP contribution in [-0.2, 0) is 4.74 Å². The molecule has 4 nitrogen and oxygen atoms in total. The van der Waals surface area contributed by atoms with E-state index in [1.807, 2.05) is 6.92 Å². The molecule has 1 aromatic rings. The zero-order valence-electron chi connectivity index (χ0n) is 13.2. The largest absolute Gasteiger partial charge is 0.508 e. The van der Waals surface area contributed by atoms with Gasteiger partial charge in [-0.15, -0.1) is 0 Å². The first-order valence-corrected chi connectivity index (χ1v) is 8.32. The van der Waals surface area contributed by atoms with Crippen LogP contribution in [0.1, 0.15) is 60.9 Å². The number of phenols is 1. The lowest BCUT2D eigenvalue weighted by Crippen LogP contribution is -2.49. The highest BCUT2D eigenvalue weighted by Gasteiger charge is 2.38. The smallest absolute Gasteiger partial charge is 0.251 e. The summed E-state index contributed by atoms with van der Waals surface area (Å²) in [6.07, 6.45) is 7.76. The second kappa shape index (κ2) is 6.29. The number of amides is 1. The first kappa shape index (κ1) is 15.3. The summed E-state index contributed by atoms with van der Waals surface area (Å²) >= 11 is 0. The molecular weight excluding hydrogens is 278 g/mol. The molecule has 120 valence electrons. The van der Waals surface area contributed by atoms with Crippen molar-refractivity contribution in [3.05, 3.63) is 29.3 Å². The Morgan fingerprint density at radius 1 is 1.32 bits per heavy atom. The molecule has 4 heteroatoms. The minimum Gasteiger partial charge on any atom is -0.508 e.